The molecule has 0 aliphatic carbocycles. The summed E-state index contributed by atoms with van der Waals surface area (Å²) in [6.45, 7) is 0.232. The molecule has 0 fully saturated rings. The Balaban J connectivity index is 2.26. The van der Waals surface area contributed by atoms with Gasteiger partial charge in [-0.1, -0.05) is 11.6 Å². The van der Waals surface area contributed by atoms with Crippen LogP contribution in [0.5, 0.6) is 5.88 Å². The van der Waals surface area contributed by atoms with Crippen LogP contribution >= 0.6 is 11.6 Å². The maximum atomic E-state index is 13.1. The second-order valence-corrected chi connectivity index (χ2v) is 5.14. The van der Waals surface area contributed by atoms with Crippen LogP contribution in [0.2, 0.25) is 5.15 Å². The van der Waals surface area contributed by atoms with Gasteiger partial charge in [0.05, 0.1) is 19.2 Å². The second-order valence-electron chi connectivity index (χ2n) is 4.75. The Morgan fingerprint density at radius 3 is 2.64 bits per heavy atom. The summed E-state index contributed by atoms with van der Waals surface area (Å²) in [5.41, 5.74) is 1.29. The fourth-order valence-electron chi connectivity index (χ4n) is 2.40. The Morgan fingerprint density at radius 1 is 1.18 bits per heavy atom. The van der Waals surface area contributed by atoms with Crippen molar-refractivity contribution in [3.8, 4) is 17.0 Å². The highest BCUT2D eigenvalue weighted by molar-refractivity contribution is 6.29. The number of ether oxygens (including phenoxy) is 1. The number of methoxy groups -OCH3 is 1. The van der Waals surface area contributed by atoms with Crippen molar-refractivity contribution in [1.82, 2.24) is 4.98 Å². The van der Waals surface area contributed by atoms with Crippen molar-refractivity contribution in [2.24, 2.45) is 4.99 Å². The molecule has 0 saturated carbocycles. The van der Waals surface area contributed by atoms with E-state index in [-0.39, 0.29) is 17.6 Å². The Bertz CT molecular complexity index is 772. The molecule has 7 heteroatoms. The Kier molecular flexibility index (Phi) is 3.56. The second kappa shape index (κ2) is 5.28. The van der Waals surface area contributed by atoms with E-state index in [1.807, 2.05) is 0 Å². The lowest BCUT2D eigenvalue weighted by atomic mass is 9.94. The highest BCUT2D eigenvalue weighted by atomic mass is 35.5. The number of hydrogen-bond acceptors (Lipinski definition) is 3. The van der Waals surface area contributed by atoms with Gasteiger partial charge in [-0.05, 0) is 35.4 Å². The van der Waals surface area contributed by atoms with Gasteiger partial charge in [0.2, 0.25) is 5.88 Å². The van der Waals surface area contributed by atoms with Crippen LogP contribution in [0.25, 0.3) is 11.1 Å². The molecule has 0 radical (unpaired) electrons. The molecule has 3 rings (SSSR count). The zero-order valence-corrected chi connectivity index (χ0v) is 12.2. The quantitative estimate of drug-likeness (QED) is 0.768. The Hall–Kier alpha value is -2.08. The molecule has 0 atom stereocenters. The first-order valence-electron chi connectivity index (χ1n) is 6.35. The molecular weight excluding hydrogens is 317 g/mol. The van der Waals surface area contributed by atoms with Crippen LogP contribution in [-0.4, -0.2) is 18.3 Å². The highest BCUT2D eigenvalue weighted by Crippen LogP contribution is 2.39. The zero-order chi connectivity index (χ0) is 15.9. The average Bonchev–Trinajstić information content (AvgIpc) is 2.93. The van der Waals surface area contributed by atoms with Crippen LogP contribution < -0.4 is 4.74 Å². The lowest BCUT2D eigenvalue weighted by Crippen LogP contribution is -2.07. The first kappa shape index (κ1) is 14.8. The predicted octanol–water partition coefficient (Wildman–Crippen LogP) is 4.36. The molecule has 1 aliphatic heterocycles. The van der Waals surface area contributed by atoms with Gasteiger partial charge in [-0.15, -0.1) is 0 Å². The summed E-state index contributed by atoms with van der Waals surface area (Å²) in [5.74, 6) is 0.175. The molecule has 1 aromatic heterocycles. The Morgan fingerprint density at radius 2 is 1.95 bits per heavy atom. The summed E-state index contributed by atoms with van der Waals surface area (Å²) in [6.07, 6.45) is -2.86. The number of benzene rings is 1. The monoisotopic (exact) mass is 326 g/mol. The van der Waals surface area contributed by atoms with E-state index in [2.05, 4.69) is 9.98 Å². The van der Waals surface area contributed by atoms with Gasteiger partial charge in [-0.3, -0.25) is 4.99 Å². The number of alkyl halides is 3. The molecule has 0 saturated heterocycles. The van der Waals surface area contributed by atoms with Gasteiger partial charge in [-0.25, -0.2) is 4.98 Å². The molecule has 0 spiro atoms. The van der Waals surface area contributed by atoms with Gasteiger partial charge in [-0.2, -0.15) is 13.2 Å². The van der Waals surface area contributed by atoms with Crippen molar-refractivity contribution in [3.63, 3.8) is 0 Å². The molecule has 2 aromatic rings. The molecule has 1 aliphatic rings. The van der Waals surface area contributed by atoms with Crippen molar-refractivity contribution < 1.29 is 17.9 Å². The molecule has 0 bridgehead atoms. The first-order valence-corrected chi connectivity index (χ1v) is 6.73. The smallest absolute Gasteiger partial charge is 0.416 e. The number of aliphatic imine (C=N–C) groups is 1. The van der Waals surface area contributed by atoms with E-state index in [9.17, 15) is 13.2 Å². The number of fused-ring (bicyclic) bond motifs is 1. The molecular formula is C15H10ClF3N2O. The number of hydrogen-bond donors (Lipinski definition) is 0. The molecule has 0 N–H and O–H groups in total. The summed E-state index contributed by atoms with van der Waals surface area (Å²) in [5, 5.41) is 0.206. The highest BCUT2D eigenvalue weighted by Gasteiger charge is 2.33. The van der Waals surface area contributed by atoms with E-state index < -0.39 is 11.7 Å². The van der Waals surface area contributed by atoms with E-state index in [0.717, 1.165) is 12.1 Å². The molecule has 22 heavy (non-hydrogen) atoms. The van der Waals surface area contributed by atoms with Gasteiger partial charge in [0, 0.05) is 17.3 Å². The van der Waals surface area contributed by atoms with Gasteiger partial charge in [0.1, 0.15) is 5.15 Å². The molecule has 0 amide bonds. The normalized spacial score (nSPS) is 13.3. The van der Waals surface area contributed by atoms with Crippen molar-refractivity contribution in [2.75, 3.05) is 7.11 Å². The SMILES string of the molecule is COc1nc(Cl)ccc1-c1cc(C(F)(F)F)cc2c1C=NC2. The minimum Gasteiger partial charge on any atom is -0.481 e. The van der Waals surface area contributed by atoms with Crippen LogP contribution in [0.1, 0.15) is 16.7 Å². The third-order valence-electron chi connectivity index (χ3n) is 3.38. The molecule has 3 nitrogen and oxygen atoms in total. The number of nitrogens with zero attached hydrogens (tertiary/aromatic N) is 2. The number of pyridine rings is 1. The minimum atomic E-state index is -4.43. The summed E-state index contributed by atoms with van der Waals surface area (Å²) in [7, 11) is 1.39. The lowest BCUT2D eigenvalue weighted by Gasteiger charge is -2.15. The van der Waals surface area contributed by atoms with E-state index in [1.54, 1.807) is 12.3 Å². The number of halogens is 4. The minimum absolute atomic E-state index is 0.175. The van der Waals surface area contributed by atoms with Crippen LogP contribution in [-0.2, 0) is 12.7 Å². The van der Waals surface area contributed by atoms with E-state index in [4.69, 9.17) is 16.3 Å². The van der Waals surface area contributed by atoms with Gasteiger partial charge >= 0.3 is 6.18 Å². The summed E-state index contributed by atoms with van der Waals surface area (Å²) < 4.78 is 44.4. The third kappa shape index (κ3) is 2.54. The molecule has 0 unspecified atom stereocenters. The molecule has 114 valence electrons. The van der Waals surface area contributed by atoms with Gasteiger partial charge in [0.25, 0.3) is 0 Å². The standard InChI is InChI=1S/C15H10ClF3N2O/c1-22-14-10(2-3-13(16)21-14)11-5-9(15(17,18)19)4-8-6-20-7-12(8)11/h2-5,7H,6H2,1H3. The van der Waals surface area contributed by atoms with E-state index in [0.29, 0.717) is 22.3 Å². The van der Waals surface area contributed by atoms with E-state index in [1.165, 1.54) is 13.2 Å². The predicted molar refractivity (Wildman–Crippen MR) is 77.5 cm³/mol. The van der Waals surface area contributed by atoms with E-state index >= 15 is 0 Å². The fraction of sp³-hybridized carbons (Fsp3) is 0.200. The van der Waals surface area contributed by atoms with Crippen LogP contribution in [0, 0.1) is 0 Å². The van der Waals surface area contributed by atoms with Crippen LogP contribution in [0.15, 0.2) is 29.3 Å². The fourth-order valence-corrected chi connectivity index (χ4v) is 2.54. The lowest BCUT2D eigenvalue weighted by molar-refractivity contribution is -0.137. The maximum absolute atomic E-state index is 13.1. The first-order chi connectivity index (χ1) is 10.4. The number of aromatic nitrogens is 1. The maximum Gasteiger partial charge on any atom is 0.416 e. The van der Waals surface area contributed by atoms with Gasteiger partial charge < -0.3 is 4.74 Å². The Labute approximate surface area is 129 Å². The molecule has 2 heterocycles. The van der Waals surface area contributed by atoms with Crippen molar-refractivity contribution >= 4 is 17.8 Å². The van der Waals surface area contributed by atoms with Crippen molar-refractivity contribution in [3.05, 3.63) is 46.1 Å². The topological polar surface area (TPSA) is 34.5 Å². The summed E-state index contributed by atoms with van der Waals surface area (Å²) in [6, 6.07) is 5.32. The zero-order valence-electron chi connectivity index (χ0n) is 11.4. The molecule has 1 aromatic carbocycles. The van der Waals surface area contributed by atoms with Gasteiger partial charge in [0.15, 0.2) is 0 Å². The van der Waals surface area contributed by atoms with Crippen LogP contribution in [0.3, 0.4) is 0 Å². The average molecular weight is 327 g/mol. The summed E-state index contributed by atoms with van der Waals surface area (Å²) >= 11 is 5.81. The van der Waals surface area contributed by atoms with Crippen LogP contribution in [0.4, 0.5) is 13.2 Å². The van der Waals surface area contributed by atoms with Crippen molar-refractivity contribution in [1.29, 1.82) is 0 Å². The largest absolute Gasteiger partial charge is 0.481 e. The van der Waals surface area contributed by atoms with Crippen molar-refractivity contribution in [2.45, 2.75) is 12.7 Å². The summed E-state index contributed by atoms with van der Waals surface area (Å²) in [4.78, 5) is 8.06. The third-order valence-corrected chi connectivity index (χ3v) is 3.60. The number of rotatable bonds is 2.